The van der Waals surface area contributed by atoms with Crippen LogP contribution in [0.3, 0.4) is 0 Å². The Labute approximate surface area is 104 Å². The van der Waals surface area contributed by atoms with Crippen LogP contribution in [0.2, 0.25) is 5.15 Å². The van der Waals surface area contributed by atoms with Crippen molar-refractivity contribution < 1.29 is 9.90 Å². The fourth-order valence-corrected chi connectivity index (χ4v) is 2.06. The minimum absolute atomic E-state index is 0.186. The molecule has 2 unspecified atom stereocenters. The number of nitrogens with zero attached hydrogens (tertiary/aromatic N) is 2. The summed E-state index contributed by atoms with van der Waals surface area (Å²) in [5.41, 5.74) is 0.215. The summed E-state index contributed by atoms with van der Waals surface area (Å²) in [6.45, 7) is 0. The van der Waals surface area contributed by atoms with E-state index in [0.717, 1.165) is 25.7 Å². The monoisotopic (exact) mass is 255 g/mol. The molecule has 2 N–H and O–H groups in total. The Hall–Kier alpha value is -1.20. The van der Waals surface area contributed by atoms with Crippen LogP contribution in [-0.4, -0.2) is 33.4 Å². The van der Waals surface area contributed by atoms with Crippen molar-refractivity contribution in [3.05, 3.63) is 23.0 Å². The SMILES string of the molecule is O=C(NC1CCCCC1O)c1ccc(Cl)nn1. The molecule has 17 heavy (non-hydrogen) atoms. The van der Waals surface area contributed by atoms with Crippen LogP contribution in [-0.2, 0) is 0 Å². The highest BCUT2D eigenvalue weighted by atomic mass is 35.5. The first-order chi connectivity index (χ1) is 8.16. The highest BCUT2D eigenvalue weighted by molar-refractivity contribution is 6.29. The van der Waals surface area contributed by atoms with E-state index in [0.29, 0.717) is 0 Å². The normalized spacial score (nSPS) is 24.4. The molecule has 6 heteroatoms. The molecule has 1 aliphatic carbocycles. The van der Waals surface area contributed by atoms with Crippen LogP contribution in [0.15, 0.2) is 12.1 Å². The molecule has 0 bridgehead atoms. The van der Waals surface area contributed by atoms with Gasteiger partial charge in [0.25, 0.3) is 5.91 Å². The lowest BCUT2D eigenvalue weighted by Gasteiger charge is -2.28. The summed E-state index contributed by atoms with van der Waals surface area (Å²) < 4.78 is 0. The van der Waals surface area contributed by atoms with Crippen LogP contribution in [0.25, 0.3) is 0 Å². The maximum Gasteiger partial charge on any atom is 0.272 e. The zero-order chi connectivity index (χ0) is 12.3. The van der Waals surface area contributed by atoms with Crippen LogP contribution in [0.5, 0.6) is 0 Å². The zero-order valence-corrected chi connectivity index (χ0v) is 10.0. The van der Waals surface area contributed by atoms with E-state index in [9.17, 15) is 9.90 Å². The second-order valence-corrected chi connectivity index (χ2v) is 4.56. The third kappa shape index (κ3) is 3.14. The number of aliphatic hydroxyl groups excluding tert-OH is 1. The lowest BCUT2D eigenvalue weighted by Crippen LogP contribution is -2.45. The molecule has 1 saturated carbocycles. The molecule has 1 aliphatic rings. The van der Waals surface area contributed by atoms with E-state index in [2.05, 4.69) is 15.5 Å². The largest absolute Gasteiger partial charge is 0.391 e. The molecule has 0 radical (unpaired) electrons. The number of aliphatic hydroxyl groups is 1. The fourth-order valence-electron chi connectivity index (χ4n) is 1.96. The molecule has 0 aromatic carbocycles. The lowest BCUT2D eigenvalue weighted by atomic mass is 9.92. The summed E-state index contributed by atoms with van der Waals surface area (Å²) >= 11 is 5.59. The third-order valence-corrected chi connectivity index (χ3v) is 3.11. The van der Waals surface area contributed by atoms with Crippen molar-refractivity contribution in [3.8, 4) is 0 Å². The Balaban J connectivity index is 1.98. The molecule has 1 fully saturated rings. The minimum atomic E-state index is -0.465. The predicted molar refractivity (Wildman–Crippen MR) is 62.8 cm³/mol. The third-order valence-electron chi connectivity index (χ3n) is 2.91. The van der Waals surface area contributed by atoms with Crippen LogP contribution >= 0.6 is 11.6 Å². The van der Waals surface area contributed by atoms with Crippen LogP contribution in [0.1, 0.15) is 36.2 Å². The Morgan fingerprint density at radius 2 is 2.12 bits per heavy atom. The minimum Gasteiger partial charge on any atom is -0.391 e. The Morgan fingerprint density at radius 1 is 1.35 bits per heavy atom. The van der Waals surface area contributed by atoms with Gasteiger partial charge < -0.3 is 10.4 Å². The molecule has 0 saturated heterocycles. The molecule has 92 valence electrons. The number of amides is 1. The van der Waals surface area contributed by atoms with E-state index in [1.54, 1.807) is 0 Å². The number of nitrogens with one attached hydrogen (secondary N) is 1. The first-order valence-electron chi connectivity index (χ1n) is 5.65. The number of hydrogen-bond acceptors (Lipinski definition) is 4. The van der Waals surface area contributed by atoms with Gasteiger partial charge in [0.1, 0.15) is 0 Å². The molecule has 5 nitrogen and oxygen atoms in total. The van der Waals surface area contributed by atoms with Gasteiger partial charge in [0.05, 0.1) is 12.1 Å². The van der Waals surface area contributed by atoms with E-state index in [1.165, 1.54) is 12.1 Å². The fraction of sp³-hybridized carbons (Fsp3) is 0.545. The van der Waals surface area contributed by atoms with Crippen LogP contribution in [0.4, 0.5) is 0 Å². The van der Waals surface area contributed by atoms with Gasteiger partial charge in [0.15, 0.2) is 10.8 Å². The van der Waals surface area contributed by atoms with E-state index in [-0.39, 0.29) is 22.8 Å². The summed E-state index contributed by atoms with van der Waals surface area (Å²) in [5, 5.41) is 20.1. The lowest BCUT2D eigenvalue weighted by molar-refractivity contribution is 0.0713. The molecule has 1 aromatic rings. The van der Waals surface area contributed by atoms with Crippen molar-refractivity contribution in [1.29, 1.82) is 0 Å². The summed E-state index contributed by atoms with van der Waals surface area (Å²) in [4.78, 5) is 11.8. The van der Waals surface area contributed by atoms with Gasteiger partial charge in [0.2, 0.25) is 0 Å². The van der Waals surface area contributed by atoms with Crippen molar-refractivity contribution in [2.45, 2.75) is 37.8 Å². The van der Waals surface area contributed by atoms with Gasteiger partial charge >= 0.3 is 0 Å². The summed E-state index contributed by atoms with van der Waals surface area (Å²) in [5.74, 6) is -0.319. The van der Waals surface area contributed by atoms with Gasteiger partial charge in [-0.15, -0.1) is 10.2 Å². The average Bonchev–Trinajstić information content (AvgIpc) is 2.33. The van der Waals surface area contributed by atoms with E-state index < -0.39 is 6.10 Å². The molecular formula is C11H14ClN3O2. The maximum atomic E-state index is 11.8. The highest BCUT2D eigenvalue weighted by Gasteiger charge is 2.25. The van der Waals surface area contributed by atoms with E-state index >= 15 is 0 Å². The van der Waals surface area contributed by atoms with E-state index in [4.69, 9.17) is 11.6 Å². The van der Waals surface area contributed by atoms with Gasteiger partial charge in [-0.05, 0) is 25.0 Å². The van der Waals surface area contributed by atoms with Crippen molar-refractivity contribution in [3.63, 3.8) is 0 Å². The van der Waals surface area contributed by atoms with Gasteiger partial charge in [0, 0.05) is 0 Å². The van der Waals surface area contributed by atoms with Gasteiger partial charge in [-0.25, -0.2) is 0 Å². The Bertz CT molecular complexity index is 396. The van der Waals surface area contributed by atoms with E-state index in [1.807, 2.05) is 0 Å². The topological polar surface area (TPSA) is 75.1 Å². The molecular weight excluding hydrogens is 242 g/mol. The molecule has 1 heterocycles. The summed E-state index contributed by atoms with van der Waals surface area (Å²) in [6.07, 6.45) is 3.10. The summed E-state index contributed by atoms with van der Waals surface area (Å²) in [6, 6.07) is 2.84. The molecule has 1 aromatic heterocycles. The van der Waals surface area contributed by atoms with Gasteiger partial charge in [-0.3, -0.25) is 4.79 Å². The number of aromatic nitrogens is 2. The highest BCUT2D eigenvalue weighted by Crippen LogP contribution is 2.18. The second kappa shape index (κ2) is 5.42. The number of hydrogen-bond donors (Lipinski definition) is 2. The molecule has 0 spiro atoms. The molecule has 1 amide bonds. The van der Waals surface area contributed by atoms with Crippen molar-refractivity contribution in [2.24, 2.45) is 0 Å². The Kier molecular flexibility index (Phi) is 3.91. The second-order valence-electron chi connectivity index (χ2n) is 4.17. The molecule has 2 rings (SSSR count). The molecule has 2 atom stereocenters. The maximum absolute atomic E-state index is 11.8. The van der Waals surface area contributed by atoms with Crippen molar-refractivity contribution >= 4 is 17.5 Å². The first kappa shape index (κ1) is 12.3. The van der Waals surface area contributed by atoms with Crippen molar-refractivity contribution in [1.82, 2.24) is 15.5 Å². The number of carbonyl (C=O) groups excluding carboxylic acids is 1. The number of rotatable bonds is 2. The summed E-state index contributed by atoms with van der Waals surface area (Å²) in [7, 11) is 0. The molecule has 0 aliphatic heterocycles. The predicted octanol–water partition coefficient (Wildman–Crippen LogP) is 1.16. The number of carbonyl (C=O) groups is 1. The van der Waals surface area contributed by atoms with Crippen molar-refractivity contribution in [2.75, 3.05) is 0 Å². The van der Waals surface area contributed by atoms with Gasteiger partial charge in [-0.2, -0.15) is 0 Å². The standard InChI is InChI=1S/C11H14ClN3O2/c12-10-6-5-8(14-15-10)11(17)13-7-3-1-2-4-9(7)16/h5-7,9,16H,1-4H2,(H,13,17). The first-order valence-corrected chi connectivity index (χ1v) is 6.03. The zero-order valence-electron chi connectivity index (χ0n) is 9.27. The smallest absolute Gasteiger partial charge is 0.272 e. The van der Waals surface area contributed by atoms with Gasteiger partial charge in [-0.1, -0.05) is 24.4 Å². The quantitative estimate of drug-likeness (QED) is 0.832. The number of halogens is 1. The van der Waals surface area contributed by atoms with Crippen LogP contribution < -0.4 is 5.32 Å². The Morgan fingerprint density at radius 3 is 2.76 bits per heavy atom. The van der Waals surface area contributed by atoms with Crippen LogP contribution in [0, 0.1) is 0 Å². The average molecular weight is 256 g/mol.